The van der Waals surface area contributed by atoms with Crippen molar-refractivity contribution >= 4 is 35.0 Å². The third-order valence-electron chi connectivity index (χ3n) is 2.04. The van der Waals surface area contributed by atoms with Gasteiger partial charge in [-0.2, -0.15) is 0 Å². The fourth-order valence-corrected chi connectivity index (χ4v) is 1.42. The fourth-order valence-electron chi connectivity index (χ4n) is 1.07. The van der Waals surface area contributed by atoms with Gasteiger partial charge in [-0.25, -0.2) is 0 Å². The highest BCUT2D eigenvalue weighted by Gasteiger charge is 2.38. The first-order valence-electron chi connectivity index (χ1n) is 3.93. The number of carbonyl (C=O) groups is 2. The maximum absolute atomic E-state index is 11.4. The lowest BCUT2D eigenvalue weighted by atomic mass is 10.2. The molecule has 0 saturated carbocycles. The minimum Gasteiger partial charge on any atom is -0.270 e. The number of halogens is 2. The molecule has 0 spiro atoms. The van der Waals surface area contributed by atoms with Gasteiger partial charge in [0.2, 0.25) is 0 Å². The zero-order valence-electron chi connectivity index (χ0n) is 7.30. The van der Waals surface area contributed by atoms with E-state index in [-0.39, 0.29) is 16.1 Å². The Morgan fingerprint density at radius 1 is 1.23 bits per heavy atom. The zero-order chi connectivity index (χ0) is 10.2. The van der Waals surface area contributed by atoms with Crippen molar-refractivity contribution in [2.75, 3.05) is 0 Å². The molecule has 72 valence electrons. The van der Waals surface area contributed by atoms with Crippen LogP contribution in [-0.2, 0) is 9.59 Å². The molecule has 1 heterocycles. The van der Waals surface area contributed by atoms with Gasteiger partial charge in [0.05, 0.1) is 0 Å². The zero-order valence-corrected chi connectivity index (χ0v) is 8.82. The van der Waals surface area contributed by atoms with Crippen LogP contribution >= 0.6 is 23.2 Å². The van der Waals surface area contributed by atoms with E-state index in [4.69, 9.17) is 23.2 Å². The minimum atomic E-state index is -0.494. The predicted octanol–water partition coefficient (Wildman–Crippen LogP) is 1.84. The summed E-state index contributed by atoms with van der Waals surface area (Å²) >= 11 is 11.1. The molecule has 0 bridgehead atoms. The first-order valence-corrected chi connectivity index (χ1v) is 4.69. The second kappa shape index (κ2) is 3.68. The van der Waals surface area contributed by atoms with Crippen LogP contribution in [-0.4, -0.2) is 22.8 Å². The van der Waals surface area contributed by atoms with Crippen LogP contribution in [0.3, 0.4) is 0 Å². The molecule has 1 aliphatic rings. The van der Waals surface area contributed by atoms with Gasteiger partial charge >= 0.3 is 0 Å². The Morgan fingerprint density at radius 2 is 1.62 bits per heavy atom. The van der Waals surface area contributed by atoms with Gasteiger partial charge in [0.25, 0.3) is 11.8 Å². The lowest BCUT2D eigenvalue weighted by Crippen LogP contribution is -2.38. The van der Waals surface area contributed by atoms with Gasteiger partial charge in [0, 0.05) is 6.04 Å². The van der Waals surface area contributed by atoms with Crippen LogP contribution in [0.5, 0.6) is 0 Å². The highest BCUT2D eigenvalue weighted by molar-refractivity contribution is 6.58. The third-order valence-corrected chi connectivity index (χ3v) is 2.84. The monoisotopic (exact) mass is 221 g/mol. The Hall–Kier alpha value is -0.540. The van der Waals surface area contributed by atoms with Crippen molar-refractivity contribution < 1.29 is 9.59 Å². The largest absolute Gasteiger partial charge is 0.274 e. The predicted molar refractivity (Wildman–Crippen MR) is 50.3 cm³/mol. The molecule has 5 heteroatoms. The van der Waals surface area contributed by atoms with Gasteiger partial charge in [-0.3, -0.25) is 14.5 Å². The maximum Gasteiger partial charge on any atom is 0.274 e. The van der Waals surface area contributed by atoms with Crippen LogP contribution in [0, 0.1) is 0 Å². The smallest absolute Gasteiger partial charge is 0.270 e. The molecule has 0 saturated heterocycles. The van der Waals surface area contributed by atoms with Gasteiger partial charge in [0.1, 0.15) is 10.1 Å². The number of hydrogen-bond donors (Lipinski definition) is 0. The van der Waals surface area contributed by atoms with Crippen molar-refractivity contribution in [1.29, 1.82) is 0 Å². The molecule has 3 nitrogen and oxygen atoms in total. The van der Waals surface area contributed by atoms with E-state index in [0.717, 1.165) is 4.90 Å². The van der Waals surface area contributed by atoms with Crippen molar-refractivity contribution in [2.45, 2.75) is 26.3 Å². The normalized spacial score (nSPS) is 20.2. The summed E-state index contributed by atoms with van der Waals surface area (Å²) in [6, 6.07) is -0.162. The number of rotatable bonds is 2. The Balaban J connectivity index is 2.97. The molecule has 0 aromatic rings. The lowest BCUT2D eigenvalue weighted by Gasteiger charge is -2.20. The molecule has 1 aliphatic heterocycles. The SMILES string of the molecule is CCC(C)N1C(=O)C(Cl)=C(Cl)C1=O. The highest BCUT2D eigenvalue weighted by Crippen LogP contribution is 2.28. The number of carbonyl (C=O) groups excluding carboxylic acids is 2. The molecule has 0 fully saturated rings. The Kier molecular flexibility index (Phi) is 2.98. The van der Waals surface area contributed by atoms with Crippen LogP contribution in [0.1, 0.15) is 20.3 Å². The first kappa shape index (κ1) is 10.5. The molecular weight excluding hydrogens is 213 g/mol. The van der Waals surface area contributed by atoms with Crippen LogP contribution in [0.15, 0.2) is 10.1 Å². The van der Waals surface area contributed by atoms with Gasteiger partial charge in [-0.05, 0) is 13.3 Å². The fraction of sp³-hybridized carbons (Fsp3) is 0.500. The number of nitrogens with zero attached hydrogens (tertiary/aromatic N) is 1. The van der Waals surface area contributed by atoms with Crippen LogP contribution in [0.2, 0.25) is 0 Å². The molecule has 0 aliphatic carbocycles. The highest BCUT2D eigenvalue weighted by atomic mass is 35.5. The van der Waals surface area contributed by atoms with E-state index in [1.54, 1.807) is 6.92 Å². The summed E-state index contributed by atoms with van der Waals surface area (Å²) in [5.41, 5.74) is 0. The molecule has 1 unspecified atom stereocenters. The van der Waals surface area contributed by atoms with Crippen LogP contribution in [0.25, 0.3) is 0 Å². The van der Waals surface area contributed by atoms with E-state index in [2.05, 4.69) is 0 Å². The molecule has 13 heavy (non-hydrogen) atoms. The minimum absolute atomic E-state index is 0.162. The van der Waals surface area contributed by atoms with E-state index in [0.29, 0.717) is 6.42 Å². The lowest BCUT2D eigenvalue weighted by molar-refractivity contribution is -0.139. The van der Waals surface area contributed by atoms with Gasteiger partial charge in [-0.1, -0.05) is 30.1 Å². The van der Waals surface area contributed by atoms with Crippen LogP contribution < -0.4 is 0 Å². The van der Waals surface area contributed by atoms with Crippen molar-refractivity contribution in [2.24, 2.45) is 0 Å². The first-order chi connectivity index (χ1) is 6.00. The average Bonchev–Trinajstić information content (AvgIpc) is 2.30. The van der Waals surface area contributed by atoms with Crippen LogP contribution in [0.4, 0.5) is 0 Å². The molecule has 0 radical (unpaired) electrons. The quantitative estimate of drug-likeness (QED) is 0.668. The molecule has 1 rings (SSSR count). The van der Waals surface area contributed by atoms with Gasteiger partial charge < -0.3 is 0 Å². The van der Waals surface area contributed by atoms with Crippen molar-refractivity contribution in [1.82, 2.24) is 4.90 Å². The number of amides is 2. The Bertz CT molecular complexity index is 275. The standard InChI is InChI=1S/C8H9Cl2NO2/c1-3-4(2)11-7(12)5(9)6(10)8(11)13/h4H,3H2,1-2H3. The summed E-state index contributed by atoms with van der Waals surface area (Å²) in [6.45, 7) is 3.65. The molecule has 0 N–H and O–H groups in total. The second-order valence-electron chi connectivity index (χ2n) is 2.87. The number of imide groups is 1. The van der Waals surface area contributed by atoms with E-state index < -0.39 is 11.8 Å². The Morgan fingerprint density at radius 3 is 1.92 bits per heavy atom. The summed E-state index contributed by atoms with van der Waals surface area (Å²) in [4.78, 5) is 23.8. The van der Waals surface area contributed by atoms with Crippen molar-refractivity contribution in [3.63, 3.8) is 0 Å². The van der Waals surface area contributed by atoms with E-state index in [9.17, 15) is 9.59 Å². The average molecular weight is 222 g/mol. The maximum atomic E-state index is 11.4. The molecular formula is C8H9Cl2NO2. The van der Waals surface area contributed by atoms with E-state index in [1.807, 2.05) is 6.92 Å². The summed E-state index contributed by atoms with van der Waals surface area (Å²) < 4.78 is 0. The molecule has 0 aromatic heterocycles. The molecule has 2 amide bonds. The topological polar surface area (TPSA) is 37.4 Å². The summed E-state index contributed by atoms with van der Waals surface area (Å²) in [6.07, 6.45) is 0.686. The van der Waals surface area contributed by atoms with Gasteiger partial charge in [0.15, 0.2) is 0 Å². The third kappa shape index (κ3) is 1.58. The van der Waals surface area contributed by atoms with Gasteiger partial charge in [-0.15, -0.1) is 0 Å². The molecule has 1 atom stereocenters. The summed E-state index contributed by atoms with van der Waals surface area (Å²) in [7, 11) is 0. The molecule has 0 aromatic carbocycles. The van der Waals surface area contributed by atoms with Crippen molar-refractivity contribution in [3.8, 4) is 0 Å². The van der Waals surface area contributed by atoms with Crippen molar-refractivity contribution in [3.05, 3.63) is 10.1 Å². The Labute approximate surface area is 86.3 Å². The van der Waals surface area contributed by atoms with E-state index in [1.165, 1.54) is 0 Å². The number of hydrogen-bond acceptors (Lipinski definition) is 2. The summed E-state index contributed by atoms with van der Waals surface area (Å²) in [5.74, 6) is -0.989. The second-order valence-corrected chi connectivity index (χ2v) is 3.62. The summed E-state index contributed by atoms with van der Waals surface area (Å²) in [5, 5.41) is -0.348. The van der Waals surface area contributed by atoms with E-state index >= 15 is 0 Å².